The first-order chi connectivity index (χ1) is 15.7. The number of primary amides is 1. The molecular weight excluding hydrogens is 396 g/mol. The van der Waals surface area contributed by atoms with Gasteiger partial charge in [-0.3, -0.25) is 4.79 Å². The number of unbranched alkanes of at least 4 members (excludes halogenated alkanes) is 12. The summed E-state index contributed by atoms with van der Waals surface area (Å²) in [5.41, 5.74) is 6.12. The second-order valence-electron chi connectivity index (χ2n) is 8.82. The van der Waals surface area contributed by atoms with Gasteiger partial charge < -0.3 is 15.8 Å². The Kier molecular flexibility index (Phi) is 18.6. The van der Waals surface area contributed by atoms with E-state index in [9.17, 15) is 4.79 Å². The number of hydrogen-bond donors (Lipinski definition) is 2. The maximum atomic E-state index is 10.9. The largest absolute Gasteiger partial charge is 0.492 e. The van der Waals surface area contributed by atoms with Crippen LogP contribution in [0.2, 0.25) is 0 Å². The number of amides is 1. The molecule has 0 saturated carbocycles. The quantitative estimate of drug-likeness (QED) is 0.154. The molecule has 1 amide bonds. The lowest BCUT2D eigenvalue weighted by Gasteiger charge is -2.08. The molecule has 0 aliphatic heterocycles. The zero-order valence-electron chi connectivity index (χ0n) is 20.6. The van der Waals surface area contributed by atoms with Gasteiger partial charge in [0.1, 0.15) is 12.4 Å². The van der Waals surface area contributed by atoms with Crippen molar-refractivity contribution in [2.24, 2.45) is 5.73 Å². The Hall–Kier alpha value is -1.81. The van der Waals surface area contributed by atoms with E-state index in [1.807, 2.05) is 24.3 Å². The van der Waals surface area contributed by atoms with E-state index in [-0.39, 0.29) is 12.3 Å². The van der Waals surface area contributed by atoms with Gasteiger partial charge in [-0.05, 0) is 56.3 Å². The summed E-state index contributed by atoms with van der Waals surface area (Å²) >= 11 is 0. The molecule has 0 aliphatic carbocycles. The lowest BCUT2D eigenvalue weighted by atomic mass is 10.1. The van der Waals surface area contributed by atoms with E-state index in [2.05, 4.69) is 24.4 Å². The maximum Gasteiger partial charge on any atom is 0.221 e. The molecule has 0 saturated heterocycles. The smallest absolute Gasteiger partial charge is 0.221 e. The normalized spacial score (nSPS) is 11.3. The van der Waals surface area contributed by atoms with Crippen LogP contribution in [-0.4, -0.2) is 25.6 Å². The molecule has 4 nitrogen and oxygen atoms in total. The van der Waals surface area contributed by atoms with Gasteiger partial charge in [-0.1, -0.05) is 89.0 Å². The van der Waals surface area contributed by atoms with Gasteiger partial charge in [0.25, 0.3) is 0 Å². The van der Waals surface area contributed by atoms with Crippen molar-refractivity contribution in [1.29, 1.82) is 0 Å². The van der Waals surface area contributed by atoms with Crippen LogP contribution in [0.3, 0.4) is 0 Å². The lowest BCUT2D eigenvalue weighted by Crippen LogP contribution is -2.22. The summed E-state index contributed by atoms with van der Waals surface area (Å²) in [5, 5.41) is 3.45. The molecule has 0 heterocycles. The number of allylic oxidation sites excluding steroid dienone is 2. The van der Waals surface area contributed by atoms with E-state index in [1.165, 1.54) is 89.9 Å². The average Bonchev–Trinajstić information content (AvgIpc) is 2.78. The fourth-order valence-corrected chi connectivity index (χ4v) is 3.77. The molecule has 3 N–H and O–H groups in total. The van der Waals surface area contributed by atoms with E-state index in [4.69, 9.17) is 10.5 Å². The number of hydrogen-bond acceptors (Lipinski definition) is 3. The zero-order chi connectivity index (χ0) is 23.1. The molecule has 0 aromatic heterocycles. The molecule has 0 radical (unpaired) electrons. The van der Waals surface area contributed by atoms with Crippen LogP contribution in [0.5, 0.6) is 5.75 Å². The topological polar surface area (TPSA) is 64.3 Å². The number of benzene rings is 1. The molecule has 0 aliphatic rings. The summed E-state index contributed by atoms with van der Waals surface area (Å²) in [6, 6.07) is 7.56. The Morgan fingerprint density at radius 1 is 0.812 bits per heavy atom. The predicted molar refractivity (Wildman–Crippen MR) is 137 cm³/mol. The summed E-state index contributed by atoms with van der Waals surface area (Å²) < 4.78 is 5.71. The van der Waals surface area contributed by atoms with Crippen LogP contribution < -0.4 is 15.8 Å². The Labute approximate surface area is 197 Å². The molecule has 0 unspecified atom stereocenters. The van der Waals surface area contributed by atoms with E-state index in [0.29, 0.717) is 6.61 Å². The number of nitrogens with two attached hydrogens (primary N) is 1. The summed E-state index contributed by atoms with van der Waals surface area (Å²) in [4.78, 5) is 10.9. The molecule has 1 aromatic carbocycles. The highest BCUT2D eigenvalue weighted by atomic mass is 16.5. The van der Waals surface area contributed by atoms with Crippen molar-refractivity contribution in [1.82, 2.24) is 5.32 Å². The van der Waals surface area contributed by atoms with Gasteiger partial charge in [-0.2, -0.15) is 0 Å². The van der Waals surface area contributed by atoms with Crippen LogP contribution in [0.4, 0.5) is 0 Å². The number of ether oxygens (including phenoxy) is 1. The number of nitrogens with one attached hydrogen (secondary N) is 1. The van der Waals surface area contributed by atoms with Crippen molar-refractivity contribution in [3.63, 3.8) is 0 Å². The van der Waals surface area contributed by atoms with Crippen LogP contribution in [-0.2, 0) is 11.2 Å². The third-order valence-corrected chi connectivity index (χ3v) is 5.71. The van der Waals surface area contributed by atoms with Gasteiger partial charge in [0.05, 0.1) is 6.42 Å². The minimum Gasteiger partial charge on any atom is -0.492 e. The van der Waals surface area contributed by atoms with E-state index in [0.717, 1.165) is 24.4 Å². The number of rotatable bonds is 22. The highest BCUT2D eigenvalue weighted by Crippen LogP contribution is 2.12. The third-order valence-electron chi connectivity index (χ3n) is 5.71. The van der Waals surface area contributed by atoms with E-state index >= 15 is 0 Å². The van der Waals surface area contributed by atoms with Gasteiger partial charge in [0.15, 0.2) is 0 Å². The van der Waals surface area contributed by atoms with Crippen molar-refractivity contribution in [3.05, 3.63) is 42.0 Å². The van der Waals surface area contributed by atoms with Crippen LogP contribution in [0.1, 0.15) is 102 Å². The van der Waals surface area contributed by atoms with Crippen LogP contribution in [0.25, 0.3) is 0 Å². The van der Waals surface area contributed by atoms with Crippen molar-refractivity contribution >= 4 is 5.91 Å². The lowest BCUT2D eigenvalue weighted by molar-refractivity contribution is -0.117. The van der Waals surface area contributed by atoms with Gasteiger partial charge in [-0.25, -0.2) is 0 Å². The Morgan fingerprint density at radius 3 is 1.97 bits per heavy atom. The van der Waals surface area contributed by atoms with Crippen LogP contribution >= 0.6 is 0 Å². The molecule has 182 valence electrons. The van der Waals surface area contributed by atoms with Crippen molar-refractivity contribution in [2.45, 2.75) is 103 Å². The summed E-state index contributed by atoms with van der Waals surface area (Å²) in [6.07, 6.45) is 23.9. The highest BCUT2D eigenvalue weighted by Gasteiger charge is 1.99. The Morgan fingerprint density at radius 2 is 1.38 bits per heavy atom. The number of carbonyl (C=O) groups excluding carboxylic acids is 1. The van der Waals surface area contributed by atoms with Gasteiger partial charge in [0, 0.05) is 6.54 Å². The van der Waals surface area contributed by atoms with Crippen molar-refractivity contribution < 1.29 is 9.53 Å². The predicted octanol–water partition coefficient (Wildman–Crippen LogP) is 6.72. The molecule has 1 aromatic rings. The minimum absolute atomic E-state index is 0.276. The molecular formula is C28H48N2O2. The van der Waals surface area contributed by atoms with Crippen molar-refractivity contribution in [3.8, 4) is 5.75 Å². The van der Waals surface area contributed by atoms with Gasteiger partial charge >= 0.3 is 0 Å². The Bertz CT molecular complexity index is 584. The second-order valence-corrected chi connectivity index (χ2v) is 8.82. The van der Waals surface area contributed by atoms with Gasteiger partial charge in [-0.15, -0.1) is 0 Å². The molecule has 0 bridgehead atoms. The third kappa shape index (κ3) is 17.8. The molecule has 1 rings (SSSR count). The SMILES string of the molecule is CCCCCCCC/C=C\CCCCCCCCNCCOc1ccc(CC(N)=O)cc1. The Balaban J connectivity index is 1.80. The van der Waals surface area contributed by atoms with Gasteiger partial charge in [0.2, 0.25) is 5.91 Å². The molecule has 0 fully saturated rings. The number of carbonyl (C=O) groups is 1. The molecule has 4 heteroatoms. The monoisotopic (exact) mass is 444 g/mol. The first-order valence-corrected chi connectivity index (χ1v) is 13.1. The fourth-order valence-electron chi connectivity index (χ4n) is 3.77. The maximum absolute atomic E-state index is 10.9. The second kappa shape index (κ2) is 21.1. The summed E-state index contributed by atoms with van der Waals surface area (Å²) in [6.45, 7) is 4.84. The average molecular weight is 445 g/mol. The molecule has 32 heavy (non-hydrogen) atoms. The first kappa shape index (κ1) is 28.2. The van der Waals surface area contributed by atoms with E-state index < -0.39 is 0 Å². The van der Waals surface area contributed by atoms with E-state index in [1.54, 1.807) is 0 Å². The molecule has 0 spiro atoms. The minimum atomic E-state index is -0.311. The van der Waals surface area contributed by atoms with Crippen LogP contribution in [0.15, 0.2) is 36.4 Å². The highest BCUT2D eigenvalue weighted by molar-refractivity contribution is 5.76. The van der Waals surface area contributed by atoms with Crippen LogP contribution in [0, 0.1) is 0 Å². The molecule has 0 atom stereocenters. The fraction of sp³-hybridized carbons (Fsp3) is 0.679. The zero-order valence-corrected chi connectivity index (χ0v) is 20.6. The van der Waals surface area contributed by atoms with Crippen molar-refractivity contribution in [2.75, 3.05) is 19.7 Å². The summed E-state index contributed by atoms with van der Waals surface area (Å²) in [5.74, 6) is 0.520. The first-order valence-electron chi connectivity index (χ1n) is 13.1. The standard InChI is InChI=1S/C28H48N2O2/c1-2-3-4-5-6-7-8-9-10-11-12-13-14-15-16-17-22-30-23-24-32-27-20-18-26(19-21-27)25-28(29)31/h9-10,18-21,30H,2-8,11-17,22-25H2,1H3,(H2,29,31)/b10-9-. The summed E-state index contributed by atoms with van der Waals surface area (Å²) in [7, 11) is 0.